The van der Waals surface area contributed by atoms with E-state index < -0.39 is 0 Å². The normalized spacial score (nSPS) is 6.60. The molecule has 5 heavy (non-hydrogen) atoms. The summed E-state index contributed by atoms with van der Waals surface area (Å²) < 4.78 is 4.26. The first-order valence-corrected chi connectivity index (χ1v) is 1.51. The number of hydrogen-bond acceptors (Lipinski definition) is 2. The third-order valence-corrected chi connectivity index (χ3v) is 0.368. The summed E-state index contributed by atoms with van der Waals surface area (Å²) in [7, 11) is 1.43. The van der Waals surface area contributed by atoms with Crippen LogP contribution in [0.5, 0.6) is 0 Å². The molecule has 30 valence electrons. The molecule has 0 heterocycles. The Morgan fingerprint density at radius 2 is 2.20 bits per heavy atom. The van der Waals surface area contributed by atoms with Crippen molar-refractivity contribution in [3.8, 4) is 0 Å². The zero-order chi connectivity index (χ0) is 4.28. The lowest BCUT2D eigenvalue weighted by Gasteiger charge is -1.85. The molecule has 0 aliphatic heterocycles. The van der Waals surface area contributed by atoms with Crippen LogP contribution in [-0.2, 0) is 4.74 Å². The van der Waals surface area contributed by atoms with Gasteiger partial charge in [-0.25, -0.2) is 0 Å². The van der Waals surface area contributed by atoms with Gasteiger partial charge in [0.15, 0.2) is 0 Å². The van der Waals surface area contributed by atoms with Gasteiger partial charge in [0.2, 0.25) is 0 Å². The lowest BCUT2D eigenvalue weighted by Crippen LogP contribution is -2.08. The third kappa shape index (κ3) is 3.69. The maximum atomic E-state index is 4.80. The Morgan fingerprint density at radius 1 is 2.00 bits per heavy atom. The van der Waals surface area contributed by atoms with E-state index in [9.17, 15) is 0 Å². The van der Waals surface area contributed by atoms with Gasteiger partial charge >= 0.3 is 0 Å². The summed E-state index contributed by atoms with van der Waals surface area (Å²) in [5.74, 6) is 0. The van der Waals surface area contributed by atoms with Crippen LogP contribution >= 0.6 is 12.2 Å². The molecule has 0 amide bonds. The Labute approximate surface area is 35.9 Å². The lowest BCUT2D eigenvalue weighted by atomic mass is 11.3. The molecule has 0 aromatic heterocycles. The van der Waals surface area contributed by atoms with Gasteiger partial charge in [0.1, 0.15) is 0 Å². The minimum absolute atomic E-state index is 0.0880. The van der Waals surface area contributed by atoms with E-state index in [1.54, 1.807) is 0 Å². The molecule has 0 fully saturated rings. The van der Waals surface area contributed by atoms with Crippen molar-refractivity contribution in [2.45, 2.75) is 0 Å². The molecule has 0 aliphatic carbocycles. The van der Waals surface area contributed by atoms with Crippen LogP contribution in [0.3, 0.4) is 0 Å². The molecule has 0 aliphatic rings. The van der Waals surface area contributed by atoms with Crippen molar-refractivity contribution in [1.29, 1.82) is 0 Å². The van der Waals surface area contributed by atoms with Crippen molar-refractivity contribution in [1.82, 2.24) is 0 Å². The Kier molecular flexibility index (Phi) is 1.84. The fourth-order valence-corrected chi connectivity index (χ4v) is 0. The summed E-state index contributed by atoms with van der Waals surface area (Å²) >= 11 is 4.25. The highest BCUT2D eigenvalue weighted by Crippen LogP contribution is 1.58. The zero-order valence-electron chi connectivity index (χ0n) is 2.89. The van der Waals surface area contributed by atoms with E-state index in [2.05, 4.69) is 17.0 Å². The van der Waals surface area contributed by atoms with Crippen LogP contribution in [0.25, 0.3) is 0 Å². The standard InChI is InChI=1S/C2H5NOS/c1-4-2(3)5/h1H3,(H2,3,5). The highest BCUT2D eigenvalue weighted by atomic mass is 32.1. The second kappa shape index (κ2) is 1.96. The molecule has 0 saturated heterocycles. The third-order valence-electron chi connectivity index (χ3n) is 0.201. The molecule has 0 saturated carbocycles. The first kappa shape index (κ1) is 4.69. The summed E-state index contributed by atoms with van der Waals surface area (Å²) in [5.41, 5.74) is 4.80. The number of nitrogens with two attached hydrogens (primary N) is 1. The molecule has 2 N–H and O–H groups in total. The summed E-state index contributed by atoms with van der Waals surface area (Å²) in [4.78, 5) is 0. The fourth-order valence-electron chi connectivity index (χ4n) is 0. The number of rotatable bonds is 0. The zero-order valence-corrected chi connectivity index (χ0v) is 3.71. The van der Waals surface area contributed by atoms with Gasteiger partial charge in [0.25, 0.3) is 5.17 Å². The van der Waals surface area contributed by atoms with Crippen LogP contribution in [0, 0.1) is 0 Å². The molecule has 3 heteroatoms. The summed E-state index contributed by atoms with van der Waals surface area (Å²) in [5, 5.41) is 0.0880. The summed E-state index contributed by atoms with van der Waals surface area (Å²) in [6.45, 7) is 0. The predicted octanol–water partition coefficient (Wildman–Crippen LogP) is -0.124. The fraction of sp³-hybridized carbons (Fsp3) is 0.500. The molecule has 0 rings (SSSR count). The smallest absolute Gasteiger partial charge is 0.253 e. The molecule has 0 aromatic rings. The van der Waals surface area contributed by atoms with Crippen molar-refractivity contribution >= 4 is 17.4 Å². The molecule has 0 radical (unpaired) electrons. The number of methoxy groups -OCH3 is 1. The quantitative estimate of drug-likeness (QED) is 0.422. The first-order chi connectivity index (χ1) is 2.27. The molecule has 0 unspecified atom stereocenters. The monoisotopic (exact) mass is 91.0 g/mol. The van der Waals surface area contributed by atoms with E-state index in [-0.39, 0.29) is 5.17 Å². The molecule has 0 atom stereocenters. The van der Waals surface area contributed by atoms with Crippen molar-refractivity contribution in [2.24, 2.45) is 5.73 Å². The van der Waals surface area contributed by atoms with Crippen LogP contribution in [0.2, 0.25) is 0 Å². The number of hydrogen-bond donors (Lipinski definition) is 1. The minimum atomic E-state index is 0.0880. The topological polar surface area (TPSA) is 35.2 Å². The van der Waals surface area contributed by atoms with Crippen LogP contribution in [-0.4, -0.2) is 12.3 Å². The van der Waals surface area contributed by atoms with E-state index in [4.69, 9.17) is 5.73 Å². The van der Waals surface area contributed by atoms with Crippen molar-refractivity contribution < 1.29 is 4.74 Å². The largest absolute Gasteiger partial charge is 0.475 e. The Bertz CT molecular complexity index is 44.9. The molecule has 0 spiro atoms. The van der Waals surface area contributed by atoms with Crippen LogP contribution in [0.4, 0.5) is 0 Å². The van der Waals surface area contributed by atoms with E-state index >= 15 is 0 Å². The van der Waals surface area contributed by atoms with Gasteiger partial charge in [0, 0.05) is 0 Å². The van der Waals surface area contributed by atoms with Gasteiger partial charge in [-0.3, -0.25) is 0 Å². The van der Waals surface area contributed by atoms with Gasteiger partial charge in [-0.1, -0.05) is 0 Å². The van der Waals surface area contributed by atoms with Crippen molar-refractivity contribution in [3.63, 3.8) is 0 Å². The average molecular weight is 91.1 g/mol. The summed E-state index contributed by atoms with van der Waals surface area (Å²) in [6.07, 6.45) is 0. The number of ether oxygens (including phenoxy) is 1. The second-order valence-corrected chi connectivity index (χ2v) is 0.926. The van der Waals surface area contributed by atoms with Crippen molar-refractivity contribution in [3.05, 3.63) is 0 Å². The molecular weight excluding hydrogens is 86.1 g/mol. The first-order valence-electron chi connectivity index (χ1n) is 1.11. The van der Waals surface area contributed by atoms with E-state index in [0.717, 1.165) is 0 Å². The van der Waals surface area contributed by atoms with Gasteiger partial charge < -0.3 is 10.5 Å². The van der Waals surface area contributed by atoms with Crippen molar-refractivity contribution in [2.75, 3.05) is 7.11 Å². The van der Waals surface area contributed by atoms with Crippen LogP contribution < -0.4 is 5.73 Å². The van der Waals surface area contributed by atoms with E-state index in [1.807, 2.05) is 0 Å². The van der Waals surface area contributed by atoms with Gasteiger partial charge in [-0.15, -0.1) is 0 Å². The minimum Gasteiger partial charge on any atom is -0.475 e. The van der Waals surface area contributed by atoms with Gasteiger partial charge in [-0.05, 0) is 12.2 Å². The van der Waals surface area contributed by atoms with E-state index in [0.29, 0.717) is 0 Å². The number of thiocarbonyl (C=S) groups is 1. The average Bonchev–Trinajstić information content (AvgIpc) is 1.38. The van der Waals surface area contributed by atoms with Gasteiger partial charge in [0.05, 0.1) is 7.11 Å². The second-order valence-electron chi connectivity index (χ2n) is 0.523. The van der Waals surface area contributed by atoms with Crippen LogP contribution in [0.1, 0.15) is 0 Å². The molecular formula is C2H5NOS. The summed E-state index contributed by atoms with van der Waals surface area (Å²) in [6, 6.07) is 0. The maximum absolute atomic E-state index is 4.80. The molecule has 2 nitrogen and oxygen atoms in total. The Balaban J connectivity index is 2.85. The highest BCUT2D eigenvalue weighted by Gasteiger charge is 1.69. The van der Waals surface area contributed by atoms with Crippen LogP contribution in [0.15, 0.2) is 0 Å². The van der Waals surface area contributed by atoms with Gasteiger partial charge in [-0.2, -0.15) is 0 Å². The highest BCUT2D eigenvalue weighted by molar-refractivity contribution is 7.79. The Hall–Kier alpha value is -0.310. The Morgan fingerprint density at radius 3 is 2.20 bits per heavy atom. The molecule has 0 aromatic carbocycles. The SMILES string of the molecule is COC(N)=S. The lowest BCUT2D eigenvalue weighted by molar-refractivity contribution is 0.408. The maximum Gasteiger partial charge on any atom is 0.253 e. The van der Waals surface area contributed by atoms with E-state index in [1.165, 1.54) is 7.11 Å². The predicted molar refractivity (Wildman–Crippen MR) is 23.8 cm³/mol. The molecule has 0 bridgehead atoms.